The van der Waals surface area contributed by atoms with Gasteiger partial charge in [-0.1, -0.05) is 12.1 Å². The van der Waals surface area contributed by atoms with Gasteiger partial charge >= 0.3 is 0 Å². The third-order valence-corrected chi connectivity index (χ3v) is 2.77. The van der Waals surface area contributed by atoms with Crippen LogP contribution in [0.4, 0.5) is 5.69 Å². The SMILES string of the molecule is NNc1ccccc1C(=O)NCCS(N)(=O)=O. The van der Waals surface area contributed by atoms with Gasteiger partial charge < -0.3 is 10.7 Å². The average molecular weight is 258 g/mol. The molecule has 0 fully saturated rings. The van der Waals surface area contributed by atoms with Crippen LogP contribution in [-0.4, -0.2) is 26.6 Å². The smallest absolute Gasteiger partial charge is 0.253 e. The minimum absolute atomic E-state index is 0.0451. The van der Waals surface area contributed by atoms with E-state index in [1.54, 1.807) is 24.3 Å². The molecule has 0 unspecified atom stereocenters. The van der Waals surface area contributed by atoms with Gasteiger partial charge in [-0.3, -0.25) is 10.6 Å². The van der Waals surface area contributed by atoms with Gasteiger partial charge in [0, 0.05) is 6.54 Å². The van der Waals surface area contributed by atoms with Gasteiger partial charge in [-0.05, 0) is 12.1 Å². The molecule has 94 valence electrons. The molecule has 0 saturated heterocycles. The predicted octanol–water partition coefficient (Wildman–Crippen LogP) is -1.01. The molecule has 1 aromatic carbocycles. The molecular formula is C9H14N4O3S. The molecule has 17 heavy (non-hydrogen) atoms. The lowest BCUT2D eigenvalue weighted by Crippen LogP contribution is -2.32. The number of sulfonamides is 1. The fourth-order valence-corrected chi connectivity index (χ4v) is 1.60. The van der Waals surface area contributed by atoms with Crippen molar-refractivity contribution >= 4 is 21.6 Å². The summed E-state index contributed by atoms with van der Waals surface area (Å²) in [6.07, 6.45) is 0. The molecule has 1 rings (SSSR count). The van der Waals surface area contributed by atoms with Gasteiger partial charge in [0.2, 0.25) is 10.0 Å². The monoisotopic (exact) mass is 258 g/mol. The Morgan fingerprint density at radius 1 is 1.29 bits per heavy atom. The molecule has 0 aromatic heterocycles. The molecule has 0 atom stereocenters. The van der Waals surface area contributed by atoms with E-state index in [-0.39, 0.29) is 12.3 Å². The van der Waals surface area contributed by atoms with E-state index in [0.717, 1.165) is 0 Å². The van der Waals surface area contributed by atoms with Crippen LogP contribution in [0.2, 0.25) is 0 Å². The zero-order chi connectivity index (χ0) is 12.9. The quantitative estimate of drug-likeness (QED) is 0.397. The van der Waals surface area contributed by atoms with E-state index >= 15 is 0 Å². The molecule has 0 aliphatic rings. The summed E-state index contributed by atoms with van der Waals surface area (Å²) in [4.78, 5) is 11.7. The third-order valence-electron chi connectivity index (χ3n) is 2.00. The van der Waals surface area contributed by atoms with E-state index in [1.807, 2.05) is 0 Å². The topological polar surface area (TPSA) is 127 Å². The first kappa shape index (κ1) is 13.4. The maximum atomic E-state index is 11.7. The van der Waals surface area contributed by atoms with E-state index in [4.69, 9.17) is 11.0 Å². The highest BCUT2D eigenvalue weighted by molar-refractivity contribution is 7.89. The lowest BCUT2D eigenvalue weighted by molar-refractivity contribution is 0.0957. The van der Waals surface area contributed by atoms with E-state index in [1.165, 1.54) is 0 Å². The Kier molecular flexibility index (Phi) is 4.44. The van der Waals surface area contributed by atoms with Crippen LogP contribution in [0.5, 0.6) is 0 Å². The molecule has 0 aliphatic heterocycles. The minimum Gasteiger partial charge on any atom is -0.351 e. The van der Waals surface area contributed by atoms with Crippen LogP contribution in [0.1, 0.15) is 10.4 Å². The van der Waals surface area contributed by atoms with Crippen molar-refractivity contribution in [3.63, 3.8) is 0 Å². The maximum Gasteiger partial charge on any atom is 0.253 e. The summed E-state index contributed by atoms with van der Waals surface area (Å²) in [7, 11) is -3.57. The van der Waals surface area contributed by atoms with Gasteiger partial charge in [-0.2, -0.15) is 0 Å². The highest BCUT2D eigenvalue weighted by atomic mass is 32.2. The Morgan fingerprint density at radius 2 is 1.94 bits per heavy atom. The summed E-state index contributed by atoms with van der Waals surface area (Å²) >= 11 is 0. The van der Waals surface area contributed by atoms with E-state index in [9.17, 15) is 13.2 Å². The summed E-state index contributed by atoms with van der Waals surface area (Å²) in [5.74, 6) is 4.52. The Labute approximate surface area is 99.2 Å². The van der Waals surface area contributed by atoms with Crippen molar-refractivity contribution in [3.8, 4) is 0 Å². The Morgan fingerprint density at radius 3 is 2.53 bits per heavy atom. The number of nitrogens with one attached hydrogen (secondary N) is 2. The van der Waals surface area contributed by atoms with Crippen LogP contribution in [0.3, 0.4) is 0 Å². The fourth-order valence-electron chi connectivity index (χ4n) is 1.21. The van der Waals surface area contributed by atoms with E-state index < -0.39 is 15.9 Å². The number of amides is 1. The highest BCUT2D eigenvalue weighted by Crippen LogP contribution is 2.12. The van der Waals surface area contributed by atoms with Crippen LogP contribution >= 0.6 is 0 Å². The number of para-hydroxylation sites is 1. The molecule has 0 spiro atoms. The molecular weight excluding hydrogens is 244 g/mol. The van der Waals surface area contributed by atoms with Crippen molar-refractivity contribution in [2.75, 3.05) is 17.7 Å². The standard InChI is InChI=1S/C9H14N4O3S/c10-13-8-4-2-1-3-7(8)9(14)12-5-6-17(11,15)16/h1-4,13H,5-6,10H2,(H,12,14)(H2,11,15,16). The number of nitrogen functional groups attached to an aromatic ring is 1. The van der Waals surface area contributed by atoms with Gasteiger partial charge in [-0.25, -0.2) is 13.6 Å². The molecule has 0 aliphatic carbocycles. The number of carbonyl (C=O) groups excluding carboxylic acids is 1. The third kappa shape index (κ3) is 4.39. The van der Waals surface area contributed by atoms with E-state index in [2.05, 4.69) is 10.7 Å². The summed E-state index contributed by atoms with van der Waals surface area (Å²) < 4.78 is 21.3. The van der Waals surface area contributed by atoms with Gasteiger partial charge in [0.1, 0.15) is 0 Å². The van der Waals surface area contributed by atoms with Crippen LogP contribution in [0.25, 0.3) is 0 Å². The first-order valence-corrected chi connectivity index (χ1v) is 6.50. The first-order valence-electron chi connectivity index (χ1n) is 4.78. The van der Waals surface area contributed by atoms with Crippen LogP contribution < -0.4 is 21.7 Å². The second-order valence-electron chi connectivity index (χ2n) is 3.31. The first-order chi connectivity index (χ1) is 7.94. The minimum atomic E-state index is -3.57. The molecule has 1 amide bonds. The summed E-state index contributed by atoms with van der Waals surface area (Å²) in [5, 5.41) is 7.24. The number of hydrogen-bond donors (Lipinski definition) is 4. The van der Waals surface area contributed by atoms with Gasteiger partial charge in [0.15, 0.2) is 0 Å². The second-order valence-corrected chi connectivity index (χ2v) is 5.05. The van der Waals surface area contributed by atoms with Crippen LogP contribution in [-0.2, 0) is 10.0 Å². The highest BCUT2D eigenvalue weighted by Gasteiger charge is 2.10. The maximum absolute atomic E-state index is 11.7. The molecule has 6 N–H and O–H groups in total. The summed E-state index contributed by atoms with van der Waals surface area (Å²) in [6, 6.07) is 6.60. The zero-order valence-electron chi connectivity index (χ0n) is 9.01. The number of rotatable bonds is 5. The largest absolute Gasteiger partial charge is 0.351 e. The predicted molar refractivity (Wildman–Crippen MR) is 64.6 cm³/mol. The lowest BCUT2D eigenvalue weighted by Gasteiger charge is -2.08. The molecule has 7 nitrogen and oxygen atoms in total. The number of hydrogen-bond acceptors (Lipinski definition) is 5. The van der Waals surface area contributed by atoms with Gasteiger partial charge in [0.25, 0.3) is 5.91 Å². The number of nitrogens with two attached hydrogens (primary N) is 2. The van der Waals surface area contributed by atoms with Crippen molar-refractivity contribution < 1.29 is 13.2 Å². The van der Waals surface area contributed by atoms with Crippen LogP contribution in [0.15, 0.2) is 24.3 Å². The number of anilines is 1. The number of hydrazine groups is 1. The van der Waals surface area contributed by atoms with Crippen molar-refractivity contribution in [3.05, 3.63) is 29.8 Å². The van der Waals surface area contributed by atoms with Crippen LogP contribution in [0, 0.1) is 0 Å². The molecule has 0 saturated carbocycles. The number of primary sulfonamides is 1. The normalized spacial score (nSPS) is 10.9. The molecule has 0 radical (unpaired) electrons. The number of benzene rings is 1. The van der Waals surface area contributed by atoms with Gasteiger partial charge in [0.05, 0.1) is 17.0 Å². The van der Waals surface area contributed by atoms with Gasteiger partial charge in [-0.15, -0.1) is 0 Å². The van der Waals surface area contributed by atoms with E-state index in [0.29, 0.717) is 11.3 Å². The molecule has 8 heteroatoms. The van der Waals surface area contributed by atoms with Crippen molar-refractivity contribution in [2.45, 2.75) is 0 Å². The zero-order valence-corrected chi connectivity index (χ0v) is 9.83. The molecule has 1 aromatic rings. The lowest BCUT2D eigenvalue weighted by atomic mass is 10.1. The average Bonchev–Trinajstić information content (AvgIpc) is 2.27. The van der Waals surface area contributed by atoms with Crippen molar-refractivity contribution in [2.24, 2.45) is 11.0 Å². The summed E-state index contributed by atoms with van der Waals surface area (Å²) in [5.41, 5.74) is 3.18. The Hall–Kier alpha value is -1.64. The van der Waals surface area contributed by atoms with Crippen molar-refractivity contribution in [1.82, 2.24) is 5.32 Å². The second kappa shape index (κ2) is 5.62. The molecule has 0 bridgehead atoms. The summed E-state index contributed by atoms with van der Waals surface area (Å²) in [6.45, 7) is -0.0451. The van der Waals surface area contributed by atoms with Crippen molar-refractivity contribution in [1.29, 1.82) is 0 Å². The molecule has 0 heterocycles. The fraction of sp³-hybridized carbons (Fsp3) is 0.222. The Bertz CT molecular complexity index is 501. The Balaban J connectivity index is 2.64. The number of carbonyl (C=O) groups is 1.